The molecular weight excluding hydrogens is 595 g/mol. The number of aromatic nitrogens is 5. The van der Waals surface area contributed by atoms with Crippen molar-refractivity contribution in [3.05, 3.63) is 93.5 Å². The van der Waals surface area contributed by atoms with Gasteiger partial charge in [-0.2, -0.15) is 5.21 Å². The van der Waals surface area contributed by atoms with Gasteiger partial charge in [0, 0.05) is 16.3 Å². The van der Waals surface area contributed by atoms with Gasteiger partial charge in [-0.3, -0.25) is 20.3 Å². The normalized spacial score (nSPS) is 13.0. The Hall–Kier alpha value is -4.32. The van der Waals surface area contributed by atoms with E-state index in [1.54, 1.807) is 41.3 Å². The van der Waals surface area contributed by atoms with Crippen LogP contribution in [0.4, 0.5) is 21.6 Å². The third-order valence-electron chi connectivity index (χ3n) is 6.84. The summed E-state index contributed by atoms with van der Waals surface area (Å²) in [6, 6.07) is 18.0. The van der Waals surface area contributed by atoms with E-state index in [-0.39, 0.29) is 24.4 Å². The van der Waals surface area contributed by atoms with Crippen LogP contribution in [0.3, 0.4) is 0 Å². The Morgan fingerprint density at radius 2 is 1.81 bits per heavy atom. The van der Waals surface area contributed by atoms with Gasteiger partial charge >= 0.3 is 6.03 Å². The first-order valence-electron chi connectivity index (χ1n) is 13.2. The largest absolute Gasteiger partial charge is 0.328 e. The van der Waals surface area contributed by atoms with Crippen LogP contribution in [-0.2, 0) is 6.54 Å². The molecule has 6 rings (SSSR count). The molecule has 2 aromatic heterocycles. The molecule has 0 spiro atoms. The van der Waals surface area contributed by atoms with Crippen molar-refractivity contribution in [2.75, 3.05) is 15.5 Å². The second kappa shape index (κ2) is 12.3. The third-order valence-corrected chi connectivity index (χ3v) is 8.48. The van der Waals surface area contributed by atoms with E-state index in [2.05, 4.69) is 54.5 Å². The van der Waals surface area contributed by atoms with Gasteiger partial charge in [0.15, 0.2) is 5.13 Å². The van der Waals surface area contributed by atoms with E-state index in [0.717, 1.165) is 28.7 Å². The van der Waals surface area contributed by atoms with Crippen molar-refractivity contribution in [1.29, 1.82) is 0 Å². The minimum absolute atomic E-state index is 0.0813. The molecular formula is C29H24Cl2N8O2S. The average Bonchev–Trinajstić information content (AvgIpc) is 3.66. The molecule has 1 aliphatic rings. The molecule has 1 aliphatic carbocycles. The second-order valence-corrected chi connectivity index (χ2v) is 11.5. The summed E-state index contributed by atoms with van der Waals surface area (Å²) in [5.74, 6) is -0.294. The molecule has 10 nitrogen and oxygen atoms in total. The zero-order valence-corrected chi connectivity index (χ0v) is 24.4. The number of aromatic amines is 1. The lowest BCUT2D eigenvalue weighted by Crippen LogP contribution is -2.34. The molecule has 3 aromatic carbocycles. The number of hydrogen-bond donors (Lipinski definition) is 3. The molecule has 0 bridgehead atoms. The number of anilines is 3. The van der Waals surface area contributed by atoms with Crippen LogP contribution in [0.15, 0.2) is 66.7 Å². The summed E-state index contributed by atoms with van der Waals surface area (Å²) in [6.45, 7) is 0.248. The number of halogens is 2. The summed E-state index contributed by atoms with van der Waals surface area (Å²) in [4.78, 5) is 32.4. The van der Waals surface area contributed by atoms with E-state index in [1.807, 2.05) is 12.1 Å². The van der Waals surface area contributed by atoms with Crippen molar-refractivity contribution in [1.82, 2.24) is 25.6 Å². The number of thiazole rings is 1. The minimum Gasteiger partial charge on any atom is -0.290 e. The van der Waals surface area contributed by atoms with Crippen molar-refractivity contribution in [3.8, 4) is 0 Å². The maximum absolute atomic E-state index is 13.7. The number of hydrogen-bond acceptors (Lipinski definition) is 7. The lowest BCUT2D eigenvalue weighted by atomic mass is 9.93. The van der Waals surface area contributed by atoms with Crippen LogP contribution in [0.2, 0.25) is 10.0 Å². The molecule has 13 heteroatoms. The predicted molar refractivity (Wildman–Crippen MR) is 166 cm³/mol. The lowest BCUT2D eigenvalue weighted by Gasteiger charge is -2.23. The molecule has 3 N–H and O–H groups in total. The number of allylic oxidation sites excluding steroid dienone is 2. The summed E-state index contributed by atoms with van der Waals surface area (Å²) < 4.78 is 0.739. The Morgan fingerprint density at radius 3 is 2.52 bits per heavy atom. The number of tetrazole rings is 1. The fraction of sp³-hybridized carbons (Fsp3) is 0.172. The Kier molecular flexibility index (Phi) is 8.13. The summed E-state index contributed by atoms with van der Waals surface area (Å²) in [5, 5.41) is 20.0. The Morgan fingerprint density at radius 1 is 1.00 bits per heavy atom. The number of fused-ring (bicyclic) bond motifs is 1. The number of urea groups is 1. The topological polar surface area (TPSA) is 129 Å². The monoisotopic (exact) mass is 618 g/mol. The van der Waals surface area contributed by atoms with Crippen molar-refractivity contribution in [3.63, 3.8) is 0 Å². The number of carbonyl (C=O) groups is 2. The first-order chi connectivity index (χ1) is 20.4. The van der Waals surface area contributed by atoms with Gasteiger partial charge < -0.3 is 0 Å². The van der Waals surface area contributed by atoms with Gasteiger partial charge in [0.2, 0.25) is 0 Å². The van der Waals surface area contributed by atoms with Crippen LogP contribution >= 0.6 is 34.5 Å². The molecule has 212 valence electrons. The predicted octanol–water partition coefficient (Wildman–Crippen LogP) is 7.56. The molecule has 3 amide bonds. The van der Waals surface area contributed by atoms with Gasteiger partial charge in [-0.15, -0.1) is 5.10 Å². The van der Waals surface area contributed by atoms with E-state index in [0.29, 0.717) is 31.9 Å². The Labute approximate surface area is 254 Å². The van der Waals surface area contributed by atoms with Crippen molar-refractivity contribution >= 4 is 79.0 Å². The third kappa shape index (κ3) is 6.28. The van der Waals surface area contributed by atoms with E-state index in [1.165, 1.54) is 29.8 Å². The quantitative estimate of drug-likeness (QED) is 0.172. The number of benzene rings is 3. The number of rotatable bonds is 7. The standard InChI is InChI=1S/C29H24Cl2N8O2S/c30-21-14-23(31)25-24(15-21)32-28(42-25)34-29(41)39(22-12-10-19(11-13-22)18-4-2-1-3-5-18)16-17-6-8-20(9-7-17)26(40)33-27-35-37-38-36-27/h4,6-15H,1-3,5,16H2,(H,32,34,41)(H2,33,35,36,37,38,40). The van der Waals surface area contributed by atoms with Crippen molar-refractivity contribution in [2.24, 2.45) is 0 Å². The van der Waals surface area contributed by atoms with Gasteiger partial charge in [0.1, 0.15) is 0 Å². The summed E-state index contributed by atoms with van der Waals surface area (Å²) in [5.41, 5.74) is 5.05. The minimum atomic E-state index is -0.375. The van der Waals surface area contributed by atoms with Gasteiger partial charge in [0.25, 0.3) is 11.9 Å². The fourth-order valence-corrected chi connectivity index (χ4v) is 6.18. The van der Waals surface area contributed by atoms with Crippen LogP contribution < -0.4 is 15.5 Å². The van der Waals surface area contributed by atoms with Gasteiger partial charge in [-0.05, 0) is 84.0 Å². The smallest absolute Gasteiger partial charge is 0.290 e. The summed E-state index contributed by atoms with van der Waals surface area (Å²) in [6.07, 6.45) is 6.84. The average molecular weight is 620 g/mol. The van der Waals surface area contributed by atoms with Crippen LogP contribution in [0.1, 0.15) is 47.2 Å². The second-order valence-electron chi connectivity index (χ2n) is 9.68. The van der Waals surface area contributed by atoms with Crippen LogP contribution in [-0.4, -0.2) is 37.5 Å². The summed E-state index contributed by atoms with van der Waals surface area (Å²) >= 11 is 13.8. The van der Waals surface area contributed by atoms with E-state index >= 15 is 0 Å². The van der Waals surface area contributed by atoms with Crippen molar-refractivity contribution in [2.45, 2.75) is 32.2 Å². The lowest BCUT2D eigenvalue weighted by molar-refractivity contribution is 0.102. The van der Waals surface area contributed by atoms with Crippen LogP contribution in [0.25, 0.3) is 15.8 Å². The van der Waals surface area contributed by atoms with Gasteiger partial charge in [-0.1, -0.05) is 70.0 Å². The highest BCUT2D eigenvalue weighted by molar-refractivity contribution is 7.23. The van der Waals surface area contributed by atoms with Crippen LogP contribution in [0, 0.1) is 0 Å². The van der Waals surface area contributed by atoms with E-state index < -0.39 is 0 Å². The zero-order chi connectivity index (χ0) is 29.1. The maximum Gasteiger partial charge on any atom is 0.328 e. The molecule has 0 saturated heterocycles. The Balaban J connectivity index is 1.25. The number of nitrogens with zero attached hydrogens (tertiary/aromatic N) is 5. The molecule has 0 atom stereocenters. The Bertz CT molecular complexity index is 1770. The highest BCUT2D eigenvalue weighted by atomic mass is 35.5. The highest BCUT2D eigenvalue weighted by Gasteiger charge is 2.20. The highest BCUT2D eigenvalue weighted by Crippen LogP contribution is 2.35. The molecule has 0 unspecified atom stereocenters. The van der Waals surface area contributed by atoms with Gasteiger partial charge in [-0.25, -0.2) is 9.78 Å². The van der Waals surface area contributed by atoms with E-state index in [9.17, 15) is 9.59 Å². The molecule has 5 aromatic rings. The number of amides is 3. The number of nitrogens with one attached hydrogen (secondary N) is 3. The van der Waals surface area contributed by atoms with E-state index in [4.69, 9.17) is 23.2 Å². The van der Waals surface area contributed by atoms with Crippen molar-refractivity contribution < 1.29 is 9.59 Å². The molecule has 42 heavy (non-hydrogen) atoms. The maximum atomic E-state index is 13.7. The molecule has 0 aliphatic heterocycles. The molecule has 0 fully saturated rings. The molecule has 0 radical (unpaired) electrons. The van der Waals surface area contributed by atoms with Gasteiger partial charge in [0.05, 0.1) is 21.8 Å². The first kappa shape index (κ1) is 27.8. The zero-order valence-electron chi connectivity index (χ0n) is 22.1. The number of H-pyrrole nitrogens is 1. The van der Waals surface area contributed by atoms with Crippen LogP contribution in [0.5, 0.6) is 0 Å². The molecule has 0 saturated carbocycles. The first-order valence-corrected chi connectivity index (χ1v) is 14.8. The molecule has 2 heterocycles. The SMILES string of the molecule is O=C(Nc1nn[nH]n1)c1ccc(CN(C(=O)Nc2nc3cc(Cl)cc(Cl)c3s2)c2ccc(C3=CCCCC3)cc2)cc1. The fourth-order valence-electron chi connectivity index (χ4n) is 4.74. The number of carbonyl (C=O) groups excluding carboxylic acids is 2. The summed E-state index contributed by atoms with van der Waals surface area (Å²) in [7, 11) is 0.